The summed E-state index contributed by atoms with van der Waals surface area (Å²) in [6.07, 6.45) is 0. The Kier molecular flexibility index (Phi) is 5.07. The lowest BCUT2D eigenvalue weighted by molar-refractivity contribution is 0.107. The molecule has 0 heterocycles. The summed E-state index contributed by atoms with van der Waals surface area (Å²) in [5, 5.41) is 0. The van der Waals surface area contributed by atoms with E-state index in [1.165, 1.54) is 0 Å². The summed E-state index contributed by atoms with van der Waals surface area (Å²) in [7, 11) is 0. The molecule has 0 saturated carbocycles. The van der Waals surface area contributed by atoms with Gasteiger partial charge in [0.15, 0.2) is 0 Å². The Bertz CT molecular complexity index is 586. The smallest absolute Gasteiger partial charge is 0.103 e. The van der Waals surface area contributed by atoms with Crippen LogP contribution in [-0.2, 0) is 18.0 Å². The van der Waals surface area contributed by atoms with Crippen molar-refractivity contribution in [3.63, 3.8) is 0 Å². The minimum Gasteiger partial charge on any atom is -0.389 e. The molecule has 2 N–H and O–H groups in total. The zero-order chi connectivity index (χ0) is 13.7. The third-order valence-corrected chi connectivity index (χ3v) is 3.37. The summed E-state index contributed by atoms with van der Waals surface area (Å²) in [6.45, 7) is 1.12. The van der Waals surface area contributed by atoms with Gasteiger partial charge in [-0.15, -0.1) is 0 Å². The normalized spacial score (nSPS) is 10.4. The maximum Gasteiger partial charge on any atom is 0.103 e. The van der Waals surface area contributed by atoms with Gasteiger partial charge < -0.3 is 10.5 Å². The molecule has 0 unspecified atom stereocenters. The van der Waals surface area contributed by atoms with Gasteiger partial charge in [0, 0.05) is 10.0 Å². The molecule has 0 fully saturated rings. The predicted octanol–water partition coefficient (Wildman–Crippen LogP) is 3.80. The average molecular weight is 336 g/mol. The molecular weight excluding hydrogens is 322 g/mol. The number of thiocarbonyl (C=S) groups is 1. The van der Waals surface area contributed by atoms with E-state index in [0.29, 0.717) is 18.2 Å². The van der Waals surface area contributed by atoms with E-state index in [9.17, 15) is 0 Å². The topological polar surface area (TPSA) is 35.2 Å². The first kappa shape index (κ1) is 14.2. The minimum atomic E-state index is 0.411. The number of nitrogens with two attached hydrogens (primary N) is 1. The molecule has 4 heteroatoms. The van der Waals surface area contributed by atoms with E-state index in [1.807, 2.05) is 48.5 Å². The van der Waals surface area contributed by atoms with Crippen LogP contribution in [-0.4, -0.2) is 4.99 Å². The van der Waals surface area contributed by atoms with Gasteiger partial charge in [-0.25, -0.2) is 0 Å². The first-order valence-electron chi connectivity index (χ1n) is 5.86. The Morgan fingerprint density at radius 3 is 2.32 bits per heavy atom. The van der Waals surface area contributed by atoms with Gasteiger partial charge >= 0.3 is 0 Å². The van der Waals surface area contributed by atoms with Crippen molar-refractivity contribution in [2.75, 3.05) is 0 Å². The average Bonchev–Trinajstić information content (AvgIpc) is 2.39. The monoisotopic (exact) mass is 335 g/mol. The zero-order valence-corrected chi connectivity index (χ0v) is 12.7. The molecule has 0 atom stereocenters. The maximum absolute atomic E-state index is 5.69. The van der Waals surface area contributed by atoms with E-state index >= 15 is 0 Å². The lowest BCUT2D eigenvalue weighted by Crippen LogP contribution is -2.09. The first-order valence-corrected chi connectivity index (χ1v) is 7.06. The molecule has 19 heavy (non-hydrogen) atoms. The van der Waals surface area contributed by atoms with Crippen LogP contribution in [0.5, 0.6) is 0 Å². The van der Waals surface area contributed by atoms with E-state index in [4.69, 9.17) is 22.7 Å². The fourth-order valence-electron chi connectivity index (χ4n) is 1.73. The number of rotatable bonds is 5. The maximum atomic E-state index is 5.69. The standard InChI is InChI=1S/C15H14BrNOS/c16-14-6-2-4-12(8-14)10-18-9-11-3-1-5-13(7-11)15(17)19/h1-8H,9-10H2,(H2,17,19). The van der Waals surface area contributed by atoms with Gasteiger partial charge in [-0.05, 0) is 29.3 Å². The first-order chi connectivity index (χ1) is 9.15. The van der Waals surface area contributed by atoms with Crippen molar-refractivity contribution in [3.8, 4) is 0 Å². The van der Waals surface area contributed by atoms with Crippen LogP contribution in [0.2, 0.25) is 0 Å². The number of hydrogen-bond acceptors (Lipinski definition) is 2. The van der Waals surface area contributed by atoms with Gasteiger partial charge in [-0.2, -0.15) is 0 Å². The van der Waals surface area contributed by atoms with Gasteiger partial charge in [0.05, 0.1) is 13.2 Å². The Balaban J connectivity index is 1.92. The highest BCUT2D eigenvalue weighted by Gasteiger charge is 1.99. The number of ether oxygens (including phenoxy) is 1. The van der Waals surface area contributed by atoms with Crippen molar-refractivity contribution in [2.24, 2.45) is 5.73 Å². The Labute approximate surface area is 126 Å². The van der Waals surface area contributed by atoms with Crippen molar-refractivity contribution >= 4 is 33.1 Å². The summed E-state index contributed by atoms with van der Waals surface area (Å²) in [6, 6.07) is 15.9. The highest BCUT2D eigenvalue weighted by molar-refractivity contribution is 9.10. The van der Waals surface area contributed by atoms with E-state index in [2.05, 4.69) is 15.9 Å². The molecule has 0 saturated heterocycles. The number of hydrogen-bond donors (Lipinski definition) is 1. The minimum absolute atomic E-state index is 0.411. The van der Waals surface area contributed by atoms with Crippen LogP contribution in [0.1, 0.15) is 16.7 Å². The fraction of sp³-hybridized carbons (Fsp3) is 0.133. The van der Waals surface area contributed by atoms with Gasteiger partial charge in [0.25, 0.3) is 0 Å². The number of benzene rings is 2. The summed E-state index contributed by atoms with van der Waals surface area (Å²) in [5.41, 5.74) is 8.69. The number of halogens is 1. The molecular formula is C15H14BrNOS. The van der Waals surface area contributed by atoms with Gasteiger partial charge in [-0.3, -0.25) is 0 Å². The lowest BCUT2D eigenvalue weighted by Gasteiger charge is -2.06. The summed E-state index contributed by atoms with van der Waals surface area (Å²) >= 11 is 8.40. The molecule has 98 valence electrons. The Hall–Kier alpha value is -1.23. The highest BCUT2D eigenvalue weighted by Crippen LogP contribution is 2.13. The molecule has 2 aromatic carbocycles. The van der Waals surface area contributed by atoms with Gasteiger partial charge in [0.2, 0.25) is 0 Å². The van der Waals surface area contributed by atoms with Crippen molar-refractivity contribution in [1.29, 1.82) is 0 Å². The second-order valence-electron chi connectivity index (χ2n) is 4.19. The molecule has 0 aliphatic heterocycles. The molecule has 0 amide bonds. The SMILES string of the molecule is NC(=S)c1cccc(COCc2cccc(Br)c2)c1. The summed E-state index contributed by atoms with van der Waals surface area (Å²) < 4.78 is 6.75. The largest absolute Gasteiger partial charge is 0.389 e. The van der Waals surface area contributed by atoms with E-state index in [-0.39, 0.29) is 0 Å². The van der Waals surface area contributed by atoms with E-state index < -0.39 is 0 Å². The van der Waals surface area contributed by atoms with Gasteiger partial charge in [-0.1, -0.05) is 58.5 Å². The molecule has 2 nitrogen and oxygen atoms in total. The quantitative estimate of drug-likeness (QED) is 0.844. The van der Waals surface area contributed by atoms with Gasteiger partial charge in [0.1, 0.15) is 4.99 Å². The van der Waals surface area contributed by atoms with Crippen molar-refractivity contribution in [2.45, 2.75) is 13.2 Å². The molecule has 2 aromatic rings. The van der Waals surface area contributed by atoms with Crippen LogP contribution in [0.15, 0.2) is 53.0 Å². The lowest BCUT2D eigenvalue weighted by atomic mass is 10.1. The second-order valence-corrected chi connectivity index (χ2v) is 5.54. The molecule has 0 spiro atoms. The Morgan fingerprint density at radius 2 is 1.68 bits per heavy atom. The molecule has 2 rings (SSSR count). The van der Waals surface area contributed by atoms with Crippen LogP contribution in [0, 0.1) is 0 Å². The predicted molar refractivity (Wildman–Crippen MR) is 85.0 cm³/mol. The third kappa shape index (κ3) is 4.42. The zero-order valence-electron chi connectivity index (χ0n) is 10.3. The van der Waals surface area contributed by atoms with Crippen molar-refractivity contribution < 1.29 is 4.74 Å². The van der Waals surface area contributed by atoms with Crippen LogP contribution in [0.4, 0.5) is 0 Å². The van der Waals surface area contributed by atoms with Crippen LogP contribution in [0.25, 0.3) is 0 Å². The Morgan fingerprint density at radius 1 is 1.05 bits per heavy atom. The van der Waals surface area contributed by atoms with Crippen LogP contribution in [0.3, 0.4) is 0 Å². The fourth-order valence-corrected chi connectivity index (χ4v) is 2.30. The van der Waals surface area contributed by atoms with Crippen LogP contribution < -0.4 is 5.73 Å². The molecule has 0 aromatic heterocycles. The van der Waals surface area contributed by atoms with E-state index in [1.54, 1.807) is 0 Å². The molecule has 0 radical (unpaired) electrons. The summed E-state index contributed by atoms with van der Waals surface area (Å²) in [5.74, 6) is 0. The highest BCUT2D eigenvalue weighted by atomic mass is 79.9. The van der Waals surface area contributed by atoms with Crippen LogP contribution >= 0.6 is 28.1 Å². The summed E-state index contributed by atoms with van der Waals surface area (Å²) in [4.78, 5) is 0.411. The molecule has 0 aliphatic rings. The molecule has 0 bridgehead atoms. The van der Waals surface area contributed by atoms with E-state index in [0.717, 1.165) is 21.2 Å². The second kappa shape index (κ2) is 6.80. The third-order valence-electron chi connectivity index (χ3n) is 2.64. The van der Waals surface area contributed by atoms with Crippen molar-refractivity contribution in [3.05, 3.63) is 69.7 Å². The molecule has 0 aliphatic carbocycles. The van der Waals surface area contributed by atoms with Crippen molar-refractivity contribution in [1.82, 2.24) is 0 Å².